The number of carbonyl (C=O) groups is 1. The number of nitrogens with one attached hydrogen (secondary N) is 2. The average molecular weight is 433 g/mol. The molecule has 0 radical (unpaired) electrons. The minimum absolute atomic E-state index is 0.0639. The number of amides is 1. The number of likely N-dealkylation sites (tertiary alicyclic amines) is 1. The van der Waals surface area contributed by atoms with Gasteiger partial charge >= 0.3 is 0 Å². The van der Waals surface area contributed by atoms with Gasteiger partial charge in [0.1, 0.15) is 19.0 Å². The Morgan fingerprint density at radius 1 is 1.09 bits per heavy atom. The molecule has 2 atom stereocenters. The predicted octanol–water partition coefficient (Wildman–Crippen LogP) is 3.68. The first kappa shape index (κ1) is 19.6. The van der Waals surface area contributed by atoms with E-state index in [9.17, 15) is 4.79 Å². The average Bonchev–Trinajstić information content (AvgIpc) is 3.54. The van der Waals surface area contributed by atoms with Gasteiger partial charge in [-0.05, 0) is 61.9 Å². The quantitative estimate of drug-likeness (QED) is 0.643. The van der Waals surface area contributed by atoms with Crippen molar-refractivity contribution in [3.63, 3.8) is 0 Å². The maximum absolute atomic E-state index is 13.0. The lowest BCUT2D eigenvalue weighted by atomic mass is 9.95. The fraction of sp³-hybridized carbons (Fsp3) is 0.440. The highest BCUT2D eigenvalue weighted by Crippen LogP contribution is 2.37. The third-order valence-corrected chi connectivity index (χ3v) is 6.77. The van der Waals surface area contributed by atoms with Crippen molar-refractivity contribution >= 4 is 16.9 Å². The Bertz CT molecular complexity index is 1110. The summed E-state index contributed by atoms with van der Waals surface area (Å²) < 4.78 is 11.2. The van der Waals surface area contributed by atoms with Gasteiger partial charge in [-0.15, -0.1) is 0 Å². The van der Waals surface area contributed by atoms with Gasteiger partial charge in [0.15, 0.2) is 11.5 Å². The van der Waals surface area contributed by atoms with E-state index in [0.29, 0.717) is 30.3 Å². The first-order valence-corrected chi connectivity index (χ1v) is 11.6. The van der Waals surface area contributed by atoms with Crippen LogP contribution < -0.4 is 14.8 Å². The van der Waals surface area contributed by atoms with E-state index in [0.717, 1.165) is 48.7 Å². The number of carbonyl (C=O) groups excluding carboxylic acids is 1. The number of piperidine rings is 1. The van der Waals surface area contributed by atoms with Crippen molar-refractivity contribution in [3.05, 3.63) is 53.9 Å². The lowest BCUT2D eigenvalue weighted by Crippen LogP contribution is -2.47. The molecule has 32 heavy (non-hydrogen) atoms. The first-order chi connectivity index (χ1) is 15.7. The molecular formula is C25H28N4O3. The normalized spacial score (nSPS) is 23.2. The van der Waals surface area contributed by atoms with Gasteiger partial charge < -0.3 is 19.8 Å². The summed E-state index contributed by atoms with van der Waals surface area (Å²) in [5.74, 6) is 3.09. The van der Waals surface area contributed by atoms with E-state index in [1.807, 2.05) is 30.3 Å². The highest BCUT2D eigenvalue weighted by molar-refractivity contribution is 5.95. The highest BCUT2D eigenvalue weighted by Gasteiger charge is 2.35. The molecule has 3 aromatic rings. The number of nitrogens with zero attached hydrogens (tertiary/aromatic N) is 2. The topological polar surface area (TPSA) is 79.5 Å². The summed E-state index contributed by atoms with van der Waals surface area (Å²) in [5, 5.41) is 3.26. The van der Waals surface area contributed by atoms with Gasteiger partial charge in [-0.3, -0.25) is 9.69 Å². The molecule has 7 nitrogen and oxygen atoms in total. The number of hydrogen-bond donors (Lipinski definition) is 2. The number of ether oxygens (including phenoxy) is 2. The summed E-state index contributed by atoms with van der Waals surface area (Å²) in [7, 11) is 0. The summed E-state index contributed by atoms with van der Waals surface area (Å²) in [6.45, 7) is 3.13. The Balaban J connectivity index is 1.20. The molecule has 3 aliphatic rings. The SMILES string of the molecule is O=C(NC1CCN(CC2CC2)C(c2nc3ccccc3[nH]2)C1)c1ccc2c(c1)OCCO2. The second-order valence-corrected chi connectivity index (χ2v) is 9.15. The third-order valence-electron chi connectivity index (χ3n) is 6.77. The zero-order valence-electron chi connectivity index (χ0n) is 18.0. The van der Waals surface area contributed by atoms with Crippen molar-refractivity contribution in [2.75, 3.05) is 26.3 Å². The first-order valence-electron chi connectivity index (χ1n) is 11.6. The van der Waals surface area contributed by atoms with Crippen LogP contribution in [-0.2, 0) is 0 Å². The molecule has 3 heterocycles. The molecule has 1 saturated heterocycles. The fourth-order valence-corrected chi connectivity index (χ4v) is 4.86. The largest absolute Gasteiger partial charge is 0.486 e. The van der Waals surface area contributed by atoms with Crippen molar-refractivity contribution in [3.8, 4) is 11.5 Å². The summed E-state index contributed by atoms with van der Waals surface area (Å²) in [6, 6.07) is 13.9. The number of benzene rings is 2. The zero-order chi connectivity index (χ0) is 21.5. The van der Waals surface area contributed by atoms with Crippen molar-refractivity contribution in [1.82, 2.24) is 20.2 Å². The van der Waals surface area contributed by atoms with Crippen molar-refractivity contribution in [2.24, 2.45) is 5.92 Å². The van der Waals surface area contributed by atoms with Crippen LogP contribution in [0, 0.1) is 5.92 Å². The van der Waals surface area contributed by atoms with Gasteiger partial charge in [-0.1, -0.05) is 12.1 Å². The molecular weight excluding hydrogens is 404 g/mol. The number of imidazole rings is 1. The molecule has 2 N–H and O–H groups in total. The van der Waals surface area contributed by atoms with Crippen LogP contribution in [0.25, 0.3) is 11.0 Å². The van der Waals surface area contributed by atoms with Crippen LogP contribution in [-0.4, -0.2) is 53.1 Å². The Labute approximate surface area is 187 Å². The standard InChI is InChI=1S/C25H28N4O3/c30-25(17-7-8-22-23(13-17)32-12-11-31-22)26-18-9-10-29(15-16-5-6-16)21(14-18)24-27-19-3-1-2-4-20(19)28-24/h1-4,7-8,13,16,18,21H,5-6,9-12,14-15H2,(H,26,30)(H,27,28). The van der Waals surface area contributed by atoms with Crippen LogP contribution in [0.15, 0.2) is 42.5 Å². The lowest BCUT2D eigenvalue weighted by Gasteiger charge is -2.39. The lowest BCUT2D eigenvalue weighted by molar-refractivity contribution is 0.0839. The Hall–Kier alpha value is -3.06. The molecule has 1 amide bonds. The van der Waals surface area contributed by atoms with Crippen LogP contribution in [0.1, 0.15) is 47.9 Å². The number of fused-ring (bicyclic) bond motifs is 2. The number of hydrogen-bond acceptors (Lipinski definition) is 5. The number of aromatic nitrogens is 2. The monoisotopic (exact) mass is 432 g/mol. The van der Waals surface area contributed by atoms with E-state index >= 15 is 0 Å². The third kappa shape index (κ3) is 3.93. The molecule has 2 aliphatic heterocycles. The molecule has 2 aromatic carbocycles. The van der Waals surface area contributed by atoms with Gasteiger partial charge in [0, 0.05) is 24.7 Å². The summed E-state index contributed by atoms with van der Waals surface area (Å²) in [6.07, 6.45) is 4.45. The van der Waals surface area contributed by atoms with E-state index in [1.165, 1.54) is 12.8 Å². The Morgan fingerprint density at radius 3 is 2.78 bits per heavy atom. The van der Waals surface area contributed by atoms with Crippen LogP contribution >= 0.6 is 0 Å². The molecule has 1 aromatic heterocycles. The molecule has 1 saturated carbocycles. The van der Waals surface area contributed by atoms with Gasteiger partial charge in [-0.2, -0.15) is 0 Å². The zero-order valence-corrected chi connectivity index (χ0v) is 18.0. The number of para-hydroxylation sites is 2. The van der Waals surface area contributed by atoms with Crippen LogP contribution in [0.5, 0.6) is 11.5 Å². The molecule has 1 aliphatic carbocycles. The van der Waals surface area contributed by atoms with Crippen LogP contribution in [0.3, 0.4) is 0 Å². The second kappa shape index (κ2) is 8.13. The molecule has 166 valence electrons. The van der Waals surface area contributed by atoms with E-state index in [2.05, 4.69) is 21.3 Å². The van der Waals surface area contributed by atoms with Crippen LogP contribution in [0.4, 0.5) is 0 Å². The maximum Gasteiger partial charge on any atom is 0.251 e. The van der Waals surface area contributed by atoms with Gasteiger partial charge in [-0.25, -0.2) is 4.98 Å². The van der Waals surface area contributed by atoms with Gasteiger partial charge in [0.25, 0.3) is 5.91 Å². The van der Waals surface area contributed by atoms with Crippen molar-refractivity contribution < 1.29 is 14.3 Å². The highest BCUT2D eigenvalue weighted by atomic mass is 16.6. The maximum atomic E-state index is 13.0. The minimum Gasteiger partial charge on any atom is -0.486 e. The molecule has 0 spiro atoms. The second-order valence-electron chi connectivity index (χ2n) is 9.15. The van der Waals surface area contributed by atoms with E-state index in [-0.39, 0.29) is 18.0 Å². The summed E-state index contributed by atoms with van der Waals surface area (Å²) >= 11 is 0. The van der Waals surface area contributed by atoms with E-state index in [1.54, 1.807) is 6.07 Å². The summed E-state index contributed by atoms with van der Waals surface area (Å²) in [4.78, 5) is 24.0. The number of rotatable bonds is 5. The minimum atomic E-state index is -0.0639. The number of aromatic amines is 1. The van der Waals surface area contributed by atoms with E-state index in [4.69, 9.17) is 14.5 Å². The van der Waals surface area contributed by atoms with Gasteiger partial charge in [0.05, 0.1) is 17.1 Å². The Kier molecular flexibility index (Phi) is 4.98. The number of H-pyrrole nitrogens is 1. The van der Waals surface area contributed by atoms with E-state index < -0.39 is 0 Å². The smallest absolute Gasteiger partial charge is 0.251 e. The predicted molar refractivity (Wildman–Crippen MR) is 121 cm³/mol. The Morgan fingerprint density at radius 2 is 1.94 bits per heavy atom. The molecule has 2 fully saturated rings. The van der Waals surface area contributed by atoms with Crippen molar-refractivity contribution in [2.45, 2.75) is 37.8 Å². The van der Waals surface area contributed by atoms with Crippen molar-refractivity contribution in [1.29, 1.82) is 0 Å². The fourth-order valence-electron chi connectivity index (χ4n) is 4.86. The van der Waals surface area contributed by atoms with Crippen LogP contribution in [0.2, 0.25) is 0 Å². The molecule has 6 rings (SSSR count). The molecule has 7 heteroatoms. The summed E-state index contributed by atoms with van der Waals surface area (Å²) in [5.41, 5.74) is 2.67. The molecule has 2 unspecified atom stereocenters. The molecule has 0 bridgehead atoms. The van der Waals surface area contributed by atoms with Gasteiger partial charge in [0.2, 0.25) is 0 Å².